The molecule has 1 aromatic carbocycles. The number of rotatable bonds is 10. The van der Waals surface area contributed by atoms with Gasteiger partial charge in [-0.2, -0.15) is 0 Å². The van der Waals surface area contributed by atoms with Crippen LogP contribution in [-0.4, -0.2) is 58.8 Å². The Hall–Kier alpha value is -1.95. The van der Waals surface area contributed by atoms with E-state index < -0.39 is 0 Å². The van der Waals surface area contributed by atoms with Crippen LogP contribution in [0.3, 0.4) is 0 Å². The standard InChI is InChI=1S/C20H36N4O2/c1-8-15(9-2)18(24(4)5)14-23-20(21-3)22-13-16-10-11-17(25-6)12-19(16)26-7/h10-12,15,18H,8-9,13-14H2,1-7H3,(H2,21,22,23). The fourth-order valence-electron chi connectivity index (χ4n) is 3.20. The molecule has 1 rings (SSSR count). The van der Waals surface area contributed by atoms with Gasteiger partial charge in [0.05, 0.1) is 14.2 Å². The van der Waals surface area contributed by atoms with Crippen LogP contribution in [0.25, 0.3) is 0 Å². The SMILES string of the molecule is CCC(CC)C(CNC(=NC)NCc1ccc(OC)cc1OC)N(C)C. The van der Waals surface area contributed by atoms with Gasteiger partial charge in [0.1, 0.15) is 11.5 Å². The van der Waals surface area contributed by atoms with Crippen molar-refractivity contribution in [2.75, 3.05) is 41.9 Å². The van der Waals surface area contributed by atoms with E-state index in [-0.39, 0.29) is 0 Å². The van der Waals surface area contributed by atoms with Crippen LogP contribution in [0.2, 0.25) is 0 Å². The molecule has 0 saturated heterocycles. The summed E-state index contributed by atoms with van der Waals surface area (Å²) in [4.78, 5) is 6.64. The van der Waals surface area contributed by atoms with Crippen LogP contribution in [0.1, 0.15) is 32.3 Å². The van der Waals surface area contributed by atoms with Gasteiger partial charge in [0.15, 0.2) is 5.96 Å². The van der Waals surface area contributed by atoms with Gasteiger partial charge >= 0.3 is 0 Å². The molecule has 2 N–H and O–H groups in total. The van der Waals surface area contributed by atoms with E-state index in [1.165, 1.54) is 12.8 Å². The first kappa shape index (κ1) is 22.1. The lowest BCUT2D eigenvalue weighted by molar-refractivity contribution is 0.200. The topological polar surface area (TPSA) is 58.1 Å². The number of nitrogens with one attached hydrogen (secondary N) is 2. The van der Waals surface area contributed by atoms with Gasteiger partial charge in [0, 0.05) is 37.8 Å². The van der Waals surface area contributed by atoms with Gasteiger partial charge in [0.25, 0.3) is 0 Å². The zero-order valence-corrected chi connectivity index (χ0v) is 17.4. The Labute approximate surface area is 159 Å². The highest BCUT2D eigenvalue weighted by Gasteiger charge is 2.20. The zero-order chi connectivity index (χ0) is 19.5. The Morgan fingerprint density at radius 2 is 1.81 bits per heavy atom. The zero-order valence-electron chi connectivity index (χ0n) is 17.4. The molecule has 1 atom stereocenters. The maximum atomic E-state index is 5.46. The molecule has 26 heavy (non-hydrogen) atoms. The third-order valence-electron chi connectivity index (χ3n) is 4.90. The van der Waals surface area contributed by atoms with Gasteiger partial charge < -0.3 is 25.0 Å². The number of hydrogen-bond acceptors (Lipinski definition) is 4. The molecule has 0 radical (unpaired) electrons. The molecule has 0 fully saturated rings. The number of methoxy groups -OCH3 is 2. The molecule has 0 saturated carbocycles. The maximum absolute atomic E-state index is 5.46. The lowest BCUT2D eigenvalue weighted by atomic mass is 9.93. The number of aliphatic imine (C=N–C) groups is 1. The summed E-state index contributed by atoms with van der Waals surface area (Å²) in [7, 11) is 9.40. The molecule has 0 spiro atoms. The average molecular weight is 365 g/mol. The van der Waals surface area contributed by atoms with Crippen LogP contribution in [0.4, 0.5) is 0 Å². The van der Waals surface area contributed by atoms with E-state index in [1.807, 2.05) is 18.2 Å². The first-order chi connectivity index (χ1) is 12.5. The van der Waals surface area contributed by atoms with Crippen molar-refractivity contribution in [2.24, 2.45) is 10.9 Å². The van der Waals surface area contributed by atoms with Gasteiger partial charge in [-0.3, -0.25) is 4.99 Å². The van der Waals surface area contributed by atoms with Crippen molar-refractivity contribution in [2.45, 2.75) is 39.3 Å². The van der Waals surface area contributed by atoms with Crippen molar-refractivity contribution in [3.05, 3.63) is 23.8 Å². The van der Waals surface area contributed by atoms with Gasteiger partial charge in [-0.05, 0) is 32.1 Å². The van der Waals surface area contributed by atoms with Gasteiger partial charge in [-0.25, -0.2) is 0 Å². The Morgan fingerprint density at radius 1 is 1.12 bits per heavy atom. The van der Waals surface area contributed by atoms with Crippen molar-refractivity contribution in [3.8, 4) is 11.5 Å². The minimum atomic E-state index is 0.471. The fraction of sp³-hybridized carbons (Fsp3) is 0.650. The van der Waals surface area contributed by atoms with E-state index in [9.17, 15) is 0 Å². The third-order valence-corrected chi connectivity index (χ3v) is 4.90. The van der Waals surface area contributed by atoms with Crippen LogP contribution in [0.15, 0.2) is 23.2 Å². The molecule has 0 bridgehead atoms. The molecule has 0 aliphatic heterocycles. The minimum absolute atomic E-state index is 0.471. The van der Waals surface area contributed by atoms with E-state index in [1.54, 1.807) is 21.3 Å². The Morgan fingerprint density at radius 3 is 2.31 bits per heavy atom. The number of likely N-dealkylation sites (N-methyl/N-ethyl adjacent to an activating group) is 1. The molecular formula is C20H36N4O2. The molecule has 148 valence electrons. The van der Waals surface area contributed by atoms with Crippen LogP contribution in [0, 0.1) is 5.92 Å². The first-order valence-electron chi connectivity index (χ1n) is 9.32. The van der Waals surface area contributed by atoms with Crippen LogP contribution >= 0.6 is 0 Å². The number of ether oxygens (including phenoxy) is 2. The largest absolute Gasteiger partial charge is 0.497 e. The summed E-state index contributed by atoms with van der Waals surface area (Å²) in [5, 5.41) is 6.83. The van der Waals surface area contributed by atoms with Gasteiger partial charge in [-0.15, -0.1) is 0 Å². The van der Waals surface area contributed by atoms with Gasteiger partial charge in [0.2, 0.25) is 0 Å². The summed E-state index contributed by atoms with van der Waals surface area (Å²) in [5.74, 6) is 3.04. The Bertz CT molecular complexity index is 557. The molecule has 0 heterocycles. The van der Waals surface area contributed by atoms with E-state index in [2.05, 4.69) is 48.5 Å². The average Bonchev–Trinajstić information content (AvgIpc) is 2.66. The van der Waals surface area contributed by atoms with E-state index in [0.717, 1.165) is 29.6 Å². The Balaban J connectivity index is 2.68. The first-order valence-corrected chi connectivity index (χ1v) is 9.32. The predicted octanol–water partition coefficient (Wildman–Crippen LogP) is 2.74. The van der Waals surface area contributed by atoms with Crippen molar-refractivity contribution < 1.29 is 9.47 Å². The predicted molar refractivity (Wildman–Crippen MR) is 109 cm³/mol. The molecule has 0 amide bonds. The molecule has 0 aliphatic carbocycles. The van der Waals surface area contributed by atoms with Crippen LogP contribution in [0.5, 0.6) is 11.5 Å². The second kappa shape index (κ2) is 11.6. The number of hydrogen-bond donors (Lipinski definition) is 2. The van der Waals surface area contributed by atoms with Crippen molar-refractivity contribution in [3.63, 3.8) is 0 Å². The molecule has 6 nitrogen and oxygen atoms in total. The van der Waals surface area contributed by atoms with Crippen molar-refractivity contribution in [1.29, 1.82) is 0 Å². The maximum Gasteiger partial charge on any atom is 0.191 e. The normalized spacial score (nSPS) is 13.0. The molecule has 0 aliphatic rings. The molecule has 1 unspecified atom stereocenters. The summed E-state index contributed by atoms with van der Waals surface area (Å²) in [6, 6.07) is 6.30. The minimum Gasteiger partial charge on any atom is -0.497 e. The fourth-order valence-corrected chi connectivity index (χ4v) is 3.20. The highest BCUT2D eigenvalue weighted by molar-refractivity contribution is 5.79. The van der Waals surface area contributed by atoms with Crippen LogP contribution in [-0.2, 0) is 6.54 Å². The summed E-state index contributed by atoms with van der Waals surface area (Å²) in [5.41, 5.74) is 1.06. The lowest BCUT2D eigenvalue weighted by Crippen LogP contribution is -2.47. The van der Waals surface area contributed by atoms with E-state index in [0.29, 0.717) is 18.5 Å². The Kier molecular flexibility index (Phi) is 9.88. The van der Waals surface area contributed by atoms with Crippen molar-refractivity contribution in [1.82, 2.24) is 15.5 Å². The number of benzene rings is 1. The second-order valence-electron chi connectivity index (χ2n) is 6.59. The summed E-state index contributed by atoms with van der Waals surface area (Å²) in [6.45, 7) is 6.00. The molecule has 0 aromatic heterocycles. The van der Waals surface area contributed by atoms with E-state index >= 15 is 0 Å². The number of guanidine groups is 1. The van der Waals surface area contributed by atoms with Gasteiger partial charge in [-0.1, -0.05) is 26.7 Å². The smallest absolute Gasteiger partial charge is 0.191 e. The van der Waals surface area contributed by atoms with E-state index in [4.69, 9.17) is 9.47 Å². The quantitative estimate of drug-likeness (QED) is 0.494. The summed E-state index contributed by atoms with van der Waals surface area (Å²) in [6.07, 6.45) is 2.35. The molecule has 1 aromatic rings. The van der Waals surface area contributed by atoms with Crippen molar-refractivity contribution >= 4 is 5.96 Å². The molecular weight excluding hydrogens is 328 g/mol. The summed E-state index contributed by atoms with van der Waals surface area (Å²) < 4.78 is 10.7. The highest BCUT2D eigenvalue weighted by atomic mass is 16.5. The monoisotopic (exact) mass is 364 g/mol. The summed E-state index contributed by atoms with van der Waals surface area (Å²) >= 11 is 0. The second-order valence-corrected chi connectivity index (χ2v) is 6.59. The van der Waals surface area contributed by atoms with Crippen LogP contribution < -0.4 is 20.1 Å². The molecule has 6 heteroatoms. The highest BCUT2D eigenvalue weighted by Crippen LogP contribution is 2.24. The lowest BCUT2D eigenvalue weighted by Gasteiger charge is -2.32. The third kappa shape index (κ3) is 6.41. The number of nitrogens with zero attached hydrogens (tertiary/aromatic N) is 2.